The van der Waals surface area contributed by atoms with Crippen molar-refractivity contribution in [1.82, 2.24) is 4.90 Å². The van der Waals surface area contributed by atoms with E-state index >= 15 is 0 Å². The maximum atomic E-state index is 4.48. The molecule has 0 aliphatic carbocycles. The summed E-state index contributed by atoms with van der Waals surface area (Å²) in [6, 6.07) is 0. The first kappa shape index (κ1) is 9.13. The molecule has 3 heteroatoms. The summed E-state index contributed by atoms with van der Waals surface area (Å²) in [7, 11) is 0. The summed E-state index contributed by atoms with van der Waals surface area (Å²) in [6.45, 7) is 4.56. The number of aliphatic imine (C=N–C) groups is 1. The van der Waals surface area contributed by atoms with Gasteiger partial charge in [-0.05, 0) is 31.8 Å². The summed E-state index contributed by atoms with van der Waals surface area (Å²) in [5, 5.41) is 1.24. The Hall–Kier alpha value is -0.440. The van der Waals surface area contributed by atoms with Crippen LogP contribution in [0.2, 0.25) is 0 Å². The van der Waals surface area contributed by atoms with E-state index in [0.717, 1.165) is 5.75 Å². The van der Waals surface area contributed by atoms with Crippen LogP contribution in [-0.4, -0.2) is 28.9 Å². The first-order valence-electron chi connectivity index (χ1n) is 4.97. The Labute approximate surface area is 84.1 Å². The average Bonchev–Trinajstić information content (AvgIpc) is 2.20. The fraction of sp³-hybridized carbons (Fsp3) is 0.700. The smallest absolute Gasteiger partial charge is 0.164 e. The molecule has 0 unspecified atom stereocenters. The van der Waals surface area contributed by atoms with Crippen molar-refractivity contribution in [2.24, 2.45) is 4.99 Å². The van der Waals surface area contributed by atoms with Crippen LogP contribution in [0, 0.1) is 0 Å². The second-order valence-corrected chi connectivity index (χ2v) is 4.67. The number of hydrogen-bond donors (Lipinski definition) is 0. The zero-order valence-corrected chi connectivity index (χ0v) is 8.94. The third kappa shape index (κ3) is 2.27. The summed E-state index contributed by atoms with van der Waals surface area (Å²) < 4.78 is 0. The molecule has 0 aromatic rings. The fourth-order valence-corrected chi connectivity index (χ4v) is 2.60. The van der Waals surface area contributed by atoms with Crippen molar-refractivity contribution in [3.05, 3.63) is 11.8 Å². The lowest BCUT2D eigenvalue weighted by Gasteiger charge is -2.30. The van der Waals surface area contributed by atoms with E-state index in [9.17, 15) is 0 Å². The lowest BCUT2D eigenvalue weighted by Crippen LogP contribution is -2.34. The van der Waals surface area contributed by atoms with Gasteiger partial charge in [0.05, 0.1) is 0 Å². The third-order valence-corrected chi connectivity index (χ3v) is 3.67. The van der Waals surface area contributed by atoms with Crippen molar-refractivity contribution in [1.29, 1.82) is 0 Å². The molecule has 0 amide bonds. The van der Waals surface area contributed by atoms with Crippen LogP contribution < -0.4 is 0 Å². The molecule has 0 saturated carbocycles. The molecule has 0 bridgehead atoms. The molecule has 2 nitrogen and oxygen atoms in total. The van der Waals surface area contributed by atoms with Crippen molar-refractivity contribution < 1.29 is 0 Å². The minimum atomic E-state index is 1.12. The second kappa shape index (κ2) is 4.18. The van der Waals surface area contributed by atoms with Gasteiger partial charge in [-0.15, -0.1) is 0 Å². The van der Waals surface area contributed by atoms with Crippen LogP contribution in [0.15, 0.2) is 16.8 Å². The highest BCUT2D eigenvalue weighted by Gasteiger charge is 2.16. The van der Waals surface area contributed by atoms with Crippen molar-refractivity contribution in [3.8, 4) is 0 Å². The molecule has 2 aliphatic heterocycles. The molecule has 0 spiro atoms. The molecule has 0 aromatic carbocycles. The quantitative estimate of drug-likeness (QED) is 0.591. The van der Waals surface area contributed by atoms with Crippen molar-refractivity contribution in [2.45, 2.75) is 26.2 Å². The van der Waals surface area contributed by atoms with Crippen LogP contribution in [-0.2, 0) is 0 Å². The zero-order valence-electron chi connectivity index (χ0n) is 8.12. The molecular weight excluding hydrogens is 180 g/mol. The minimum Gasteiger partial charge on any atom is -0.351 e. The lowest BCUT2D eigenvalue weighted by atomic mass is 10.1. The van der Waals surface area contributed by atoms with Gasteiger partial charge in [-0.25, -0.2) is 4.99 Å². The van der Waals surface area contributed by atoms with Crippen LogP contribution in [0.4, 0.5) is 0 Å². The average molecular weight is 196 g/mol. The van der Waals surface area contributed by atoms with E-state index < -0.39 is 0 Å². The van der Waals surface area contributed by atoms with Crippen LogP contribution in [0.3, 0.4) is 0 Å². The van der Waals surface area contributed by atoms with E-state index in [1.165, 1.54) is 43.1 Å². The van der Waals surface area contributed by atoms with Crippen LogP contribution in [0.5, 0.6) is 0 Å². The summed E-state index contributed by atoms with van der Waals surface area (Å²) in [5.74, 6) is 1.12. The Balaban J connectivity index is 1.99. The number of rotatable bonds is 0. The van der Waals surface area contributed by atoms with Crippen LogP contribution >= 0.6 is 11.8 Å². The Kier molecular flexibility index (Phi) is 2.94. The lowest BCUT2D eigenvalue weighted by molar-refractivity contribution is 0.348. The van der Waals surface area contributed by atoms with E-state index in [0.29, 0.717) is 0 Å². The van der Waals surface area contributed by atoms with Crippen molar-refractivity contribution in [3.63, 3.8) is 0 Å². The molecular formula is C10H16N2S. The van der Waals surface area contributed by atoms with Gasteiger partial charge < -0.3 is 4.90 Å². The Bertz CT molecular complexity index is 239. The zero-order chi connectivity index (χ0) is 9.10. The minimum absolute atomic E-state index is 1.12. The van der Waals surface area contributed by atoms with E-state index in [1.807, 2.05) is 18.0 Å². The molecule has 13 heavy (non-hydrogen) atoms. The molecule has 2 aliphatic rings. The topological polar surface area (TPSA) is 15.6 Å². The summed E-state index contributed by atoms with van der Waals surface area (Å²) in [4.78, 5) is 6.91. The normalized spacial score (nSPS) is 23.9. The van der Waals surface area contributed by atoms with Gasteiger partial charge in [-0.2, -0.15) is 0 Å². The maximum absolute atomic E-state index is 4.48. The maximum Gasteiger partial charge on any atom is 0.164 e. The molecule has 0 atom stereocenters. The highest BCUT2D eigenvalue weighted by Crippen LogP contribution is 2.21. The molecule has 72 valence electrons. The standard InChI is InChI=1S/C10H16N2S/c1-9-7-11-10(13-8-9)12-5-3-2-4-6-12/h7H,2-6,8H2,1H3. The Morgan fingerprint density at radius 2 is 2.08 bits per heavy atom. The number of piperidine rings is 1. The van der Waals surface area contributed by atoms with Gasteiger partial charge in [0.1, 0.15) is 0 Å². The predicted octanol–water partition coefficient (Wildman–Crippen LogP) is 2.48. The second-order valence-electron chi connectivity index (χ2n) is 3.72. The number of nitrogens with zero attached hydrogens (tertiary/aromatic N) is 2. The third-order valence-electron chi connectivity index (χ3n) is 2.45. The van der Waals surface area contributed by atoms with Gasteiger partial charge in [-0.3, -0.25) is 0 Å². The molecule has 1 saturated heterocycles. The molecule has 2 rings (SSSR count). The Morgan fingerprint density at radius 3 is 2.69 bits per heavy atom. The Morgan fingerprint density at radius 1 is 1.31 bits per heavy atom. The number of likely N-dealkylation sites (tertiary alicyclic amines) is 1. The van der Waals surface area contributed by atoms with Crippen molar-refractivity contribution >= 4 is 16.9 Å². The van der Waals surface area contributed by atoms with Crippen molar-refractivity contribution in [2.75, 3.05) is 18.8 Å². The van der Waals surface area contributed by atoms with Gasteiger partial charge in [0.25, 0.3) is 0 Å². The summed E-state index contributed by atoms with van der Waals surface area (Å²) in [5.41, 5.74) is 1.38. The number of hydrogen-bond acceptors (Lipinski definition) is 3. The predicted molar refractivity (Wildman–Crippen MR) is 59.1 cm³/mol. The monoisotopic (exact) mass is 196 g/mol. The summed E-state index contributed by atoms with van der Waals surface area (Å²) in [6.07, 6.45) is 6.08. The first-order chi connectivity index (χ1) is 6.36. The van der Waals surface area contributed by atoms with E-state index in [2.05, 4.69) is 16.8 Å². The largest absolute Gasteiger partial charge is 0.351 e. The van der Waals surface area contributed by atoms with Crippen LogP contribution in [0.25, 0.3) is 0 Å². The number of amidine groups is 1. The fourth-order valence-electron chi connectivity index (χ4n) is 1.68. The first-order valence-corrected chi connectivity index (χ1v) is 5.96. The molecule has 2 heterocycles. The van der Waals surface area contributed by atoms with Gasteiger partial charge in [0.15, 0.2) is 5.17 Å². The molecule has 0 radical (unpaired) electrons. The van der Waals surface area contributed by atoms with Gasteiger partial charge >= 0.3 is 0 Å². The molecule has 0 aromatic heterocycles. The number of thioether (sulfide) groups is 1. The highest BCUT2D eigenvalue weighted by atomic mass is 32.2. The van der Waals surface area contributed by atoms with E-state index in [4.69, 9.17) is 0 Å². The van der Waals surface area contributed by atoms with Gasteiger partial charge in [0.2, 0.25) is 0 Å². The molecule has 1 fully saturated rings. The van der Waals surface area contributed by atoms with Gasteiger partial charge in [-0.1, -0.05) is 11.8 Å². The highest BCUT2D eigenvalue weighted by molar-refractivity contribution is 8.14. The van der Waals surface area contributed by atoms with E-state index in [-0.39, 0.29) is 0 Å². The van der Waals surface area contributed by atoms with Crippen LogP contribution in [0.1, 0.15) is 26.2 Å². The SMILES string of the molecule is CC1=CN=C(N2CCCCC2)SC1. The summed E-state index contributed by atoms with van der Waals surface area (Å²) >= 11 is 1.89. The van der Waals surface area contributed by atoms with E-state index in [1.54, 1.807) is 0 Å². The van der Waals surface area contributed by atoms with Gasteiger partial charge in [0, 0.05) is 25.0 Å². The molecule has 0 N–H and O–H groups in total.